The van der Waals surface area contributed by atoms with Gasteiger partial charge in [-0.1, -0.05) is 11.8 Å². The van der Waals surface area contributed by atoms with E-state index in [4.69, 9.17) is 5.11 Å². The van der Waals surface area contributed by atoms with Gasteiger partial charge in [0.25, 0.3) is 5.91 Å². The lowest BCUT2D eigenvalue weighted by Gasteiger charge is -2.07. The molecule has 0 saturated heterocycles. The van der Waals surface area contributed by atoms with E-state index in [1.807, 2.05) is 0 Å². The van der Waals surface area contributed by atoms with Crippen LogP contribution >= 0.6 is 0 Å². The maximum atomic E-state index is 11.9. The van der Waals surface area contributed by atoms with E-state index in [0.29, 0.717) is 12.0 Å². The number of pyridine rings is 1. The molecule has 0 bridgehead atoms. The van der Waals surface area contributed by atoms with Crippen LogP contribution in [-0.4, -0.2) is 35.3 Å². The van der Waals surface area contributed by atoms with Crippen LogP contribution in [-0.2, 0) is 0 Å². The number of aromatic nitrogens is 1. The second kappa shape index (κ2) is 8.27. The largest absolute Gasteiger partial charge is 0.395 e. The van der Waals surface area contributed by atoms with Gasteiger partial charge in [0, 0.05) is 31.1 Å². The normalized spacial score (nSPS) is 10.7. The minimum atomic E-state index is -4.21. The third-order valence-electron chi connectivity index (χ3n) is 2.39. The minimum Gasteiger partial charge on any atom is -0.395 e. The first kappa shape index (κ1) is 17.0. The maximum absolute atomic E-state index is 11.9. The summed E-state index contributed by atoms with van der Waals surface area (Å²) >= 11 is 0. The van der Waals surface area contributed by atoms with Gasteiger partial charge < -0.3 is 10.4 Å². The number of hydrogen-bond donors (Lipinski definition) is 2. The first-order chi connectivity index (χ1) is 9.92. The van der Waals surface area contributed by atoms with E-state index >= 15 is 0 Å². The molecule has 21 heavy (non-hydrogen) atoms. The highest BCUT2D eigenvalue weighted by atomic mass is 19.4. The fourth-order valence-electron chi connectivity index (χ4n) is 1.40. The molecule has 0 aliphatic heterocycles. The van der Waals surface area contributed by atoms with E-state index < -0.39 is 18.5 Å². The Kier molecular flexibility index (Phi) is 6.69. The zero-order chi connectivity index (χ0) is 15.7. The minimum absolute atomic E-state index is 0.0289. The van der Waals surface area contributed by atoms with Crippen LogP contribution in [0.1, 0.15) is 35.3 Å². The van der Waals surface area contributed by atoms with E-state index in [0.717, 1.165) is 0 Å². The smallest absolute Gasteiger partial charge is 0.389 e. The van der Waals surface area contributed by atoms with Gasteiger partial charge in [0.05, 0.1) is 6.61 Å². The molecule has 0 aromatic carbocycles. The Balaban J connectivity index is 2.43. The molecule has 2 N–H and O–H groups in total. The summed E-state index contributed by atoms with van der Waals surface area (Å²) in [5.41, 5.74) is 0.715. The summed E-state index contributed by atoms with van der Waals surface area (Å²) in [5.74, 6) is 4.94. The van der Waals surface area contributed by atoms with E-state index in [1.54, 1.807) is 6.07 Å². The summed E-state index contributed by atoms with van der Waals surface area (Å²) in [4.78, 5) is 15.5. The Labute approximate surface area is 120 Å². The zero-order valence-corrected chi connectivity index (χ0v) is 11.2. The van der Waals surface area contributed by atoms with Crippen molar-refractivity contribution in [3.05, 3.63) is 29.6 Å². The van der Waals surface area contributed by atoms with Crippen LogP contribution in [0.3, 0.4) is 0 Å². The molecule has 4 nitrogen and oxygen atoms in total. The van der Waals surface area contributed by atoms with Crippen LogP contribution in [0.4, 0.5) is 13.2 Å². The number of halogens is 3. The molecule has 0 radical (unpaired) electrons. The fraction of sp³-hybridized carbons (Fsp3) is 0.429. The number of nitrogens with one attached hydrogen (secondary N) is 1. The number of rotatable bonds is 5. The standard InChI is InChI=1S/C14H15F3N2O2/c15-14(16,17)7-3-8-18-13(21)12-6-5-11(10-19-12)4-1-2-9-20/h5-6,10,20H,2-3,7-9H2,(H,18,21). The van der Waals surface area contributed by atoms with E-state index in [-0.39, 0.29) is 25.3 Å². The third kappa shape index (κ3) is 7.32. The number of alkyl halides is 3. The van der Waals surface area contributed by atoms with Gasteiger partial charge in [-0.05, 0) is 18.6 Å². The number of hydrogen-bond acceptors (Lipinski definition) is 3. The van der Waals surface area contributed by atoms with E-state index in [2.05, 4.69) is 22.1 Å². The van der Waals surface area contributed by atoms with Crippen molar-refractivity contribution in [1.82, 2.24) is 10.3 Å². The van der Waals surface area contributed by atoms with Gasteiger partial charge in [0.2, 0.25) is 0 Å². The van der Waals surface area contributed by atoms with Gasteiger partial charge in [-0.2, -0.15) is 13.2 Å². The number of carbonyl (C=O) groups excluding carboxylic acids is 1. The molecular formula is C14H15F3N2O2. The van der Waals surface area contributed by atoms with Crippen molar-refractivity contribution in [2.24, 2.45) is 0 Å². The summed E-state index contributed by atoms with van der Waals surface area (Å²) in [5, 5.41) is 10.9. The Morgan fingerprint density at radius 1 is 1.38 bits per heavy atom. The van der Waals surface area contributed by atoms with Gasteiger partial charge in [-0.3, -0.25) is 4.79 Å². The fourth-order valence-corrected chi connectivity index (χ4v) is 1.40. The summed E-state index contributed by atoms with van der Waals surface area (Å²) in [6, 6.07) is 3.03. The van der Waals surface area contributed by atoms with Crippen molar-refractivity contribution in [3.8, 4) is 11.8 Å². The average molecular weight is 300 g/mol. The van der Waals surface area contributed by atoms with Crippen LogP contribution in [0.15, 0.2) is 18.3 Å². The van der Waals surface area contributed by atoms with Crippen molar-refractivity contribution >= 4 is 5.91 Å². The number of amides is 1. The summed E-state index contributed by atoms with van der Waals surface area (Å²) in [6.07, 6.45) is -3.56. The monoisotopic (exact) mass is 300 g/mol. The maximum Gasteiger partial charge on any atom is 0.389 e. The molecule has 0 atom stereocenters. The number of nitrogens with zero attached hydrogens (tertiary/aromatic N) is 1. The Bertz CT molecular complexity index is 516. The highest BCUT2D eigenvalue weighted by Gasteiger charge is 2.26. The average Bonchev–Trinajstić information content (AvgIpc) is 2.43. The Hall–Kier alpha value is -2.07. The SMILES string of the molecule is O=C(NCCCC(F)(F)F)c1ccc(C#CCCO)cn1. The molecule has 0 unspecified atom stereocenters. The lowest BCUT2D eigenvalue weighted by atomic mass is 10.2. The van der Waals surface area contributed by atoms with Crippen LogP contribution in [0.5, 0.6) is 0 Å². The third-order valence-corrected chi connectivity index (χ3v) is 2.39. The predicted octanol–water partition coefficient (Wildman–Crippen LogP) is 1.89. The molecule has 0 aliphatic rings. The lowest BCUT2D eigenvalue weighted by Crippen LogP contribution is -2.26. The van der Waals surface area contributed by atoms with Gasteiger partial charge in [0.15, 0.2) is 0 Å². The summed E-state index contributed by atoms with van der Waals surface area (Å²) < 4.78 is 35.8. The number of carbonyl (C=O) groups is 1. The molecule has 0 spiro atoms. The van der Waals surface area contributed by atoms with Crippen molar-refractivity contribution in [3.63, 3.8) is 0 Å². The van der Waals surface area contributed by atoms with Gasteiger partial charge in [0.1, 0.15) is 5.69 Å². The molecular weight excluding hydrogens is 285 g/mol. The van der Waals surface area contributed by atoms with Crippen LogP contribution in [0.2, 0.25) is 0 Å². The number of aliphatic hydroxyl groups excluding tert-OH is 1. The van der Waals surface area contributed by atoms with Crippen molar-refractivity contribution in [1.29, 1.82) is 0 Å². The predicted molar refractivity (Wildman–Crippen MR) is 70.4 cm³/mol. The van der Waals surface area contributed by atoms with E-state index in [1.165, 1.54) is 12.3 Å². The Morgan fingerprint density at radius 3 is 2.71 bits per heavy atom. The summed E-state index contributed by atoms with van der Waals surface area (Å²) in [7, 11) is 0. The highest BCUT2D eigenvalue weighted by molar-refractivity contribution is 5.92. The van der Waals surface area contributed by atoms with Crippen LogP contribution in [0, 0.1) is 11.8 Å². The zero-order valence-electron chi connectivity index (χ0n) is 11.2. The molecule has 1 aromatic rings. The molecule has 1 aromatic heterocycles. The Morgan fingerprint density at radius 2 is 2.14 bits per heavy atom. The molecule has 114 valence electrons. The lowest BCUT2D eigenvalue weighted by molar-refractivity contribution is -0.135. The van der Waals surface area contributed by atoms with Crippen LogP contribution < -0.4 is 5.32 Å². The molecule has 1 amide bonds. The molecule has 1 heterocycles. The summed E-state index contributed by atoms with van der Waals surface area (Å²) in [6.45, 7) is -0.0864. The first-order valence-corrected chi connectivity index (χ1v) is 6.33. The molecule has 1 rings (SSSR count). The van der Waals surface area contributed by atoms with Crippen molar-refractivity contribution in [2.75, 3.05) is 13.2 Å². The van der Waals surface area contributed by atoms with Crippen molar-refractivity contribution in [2.45, 2.75) is 25.4 Å². The number of aliphatic hydroxyl groups is 1. The molecule has 0 saturated carbocycles. The van der Waals surface area contributed by atoms with Gasteiger partial charge in [-0.15, -0.1) is 0 Å². The topological polar surface area (TPSA) is 62.2 Å². The highest BCUT2D eigenvalue weighted by Crippen LogP contribution is 2.20. The first-order valence-electron chi connectivity index (χ1n) is 6.33. The molecule has 0 fully saturated rings. The molecule has 0 aliphatic carbocycles. The second-order valence-corrected chi connectivity index (χ2v) is 4.18. The quantitative estimate of drug-likeness (QED) is 0.645. The van der Waals surface area contributed by atoms with Crippen LogP contribution in [0.25, 0.3) is 0 Å². The second-order valence-electron chi connectivity index (χ2n) is 4.18. The van der Waals surface area contributed by atoms with Crippen molar-refractivity contribution < 1.29 is 23.1 Å². The molecule has 7 heteroatoms. The van der Waals surface area contributed by atoms with Gasteiger partial charge in [-0.25, -0.2) is 4.98 Å². The van der Waals surface area contributed by atoms with Gasteiger partial charge >= 0.3 is 6.18 Å². The van der Waals surface area contributed by atoms with E-state index in [9.17, 15) is 18.0 Å².